The molecule has 0 atom stereocenters. The van der Waals surface area contributed by atoms with E-state index in [1.807, 2.05) is 48.5 Å². The van der Waals surface area contributed by atoms with Crippen LogP contribution in [0.15, 0.2) is 54.6 Å². The molecular formula is C14H14O3. The molecule has 0 aliphatic heterocycles. The molecule has 0 saturated heterocycles. The van der Waals surface area contributed by atoms with E-state index in [-0.39, 0.29) is 13.2 Å². The number of aliphatic hydroxyl groups is 1. The molecule has 0 radical (unpaired) electrons. The van der Waals surface area contributed by atoms with Gasteiger partial charge in [-0.05, 0) is 24.3 Å². The predicted octanol–water partition coefficient (Wildman–Crippen LogP) is 2.85. The quantitative estimate of drug-likeness (QED) is 0.858. The minimum absolute atomic E-state index is 0.00374. The SMILES string of the molecule is OCCOc1cccc(Oc2ccccc2)c1. The Hall–Kier alpha value is -2.00. The van der Waals surface area contributed by atoms with E-state index in [2.05, 4.69) is 0 Å². The van der Waals surface area contributed by atoms with Crippen LogP contribution in [0.25, 0.3) is 0 Å². The van der Waals surface area contributed by atoms with Gasteiger partial charge in [0.25, 0.3) is 0 Å². The average Bonchev–Trinajstić information content (AvgIpc) is 2.38. The molecule has 0 saturated carbocycles. The van der Waals surface area contributed by atoms with Gasteiger partial charge in [-0.1, -0.05) is 24.3 Å². The van der Waals surface area contributed by atoms with Crippen LogP contribution in [0.3, 0.4) is 0 Å². The standard InChI is InChI=1S/C14H14O3/c15-9-10-16-13-7-4-8-14(11-13)17-12-5-2-1-3-6-12/h1-8,11,15H,9-10H2. The molecule has 3 nitrogen and oxygen atoms in total. The number of ether oxygens (including phenoxy) is 2. The van der Waals surface area contributed by atoms with E-state index in [4.69, 9.17) is 14.6 Å². The van der Waals surface area contributed by atoms with Crippen LogP contribution in [-0.2, 0) is 0 Å². The van der Waals surface area contributed by atoms with Crippen molar-refractivity contribution < 1.29 is 14.6 Å². The van der Waals surface area contributed by atoms with Crippen LogP contribution in [0.1, 0.15) is 0 Å². The zero-order chi connectivity index (χ0) is 11.9. The summed E-state index contributed by atoms with van der Waals surface area (Å²) in [7, 11) is 0. The molecule has 2 rings (SSSR count). The van der Waals surface area contributed by atoms with Crippen molar-refractivity contribution >= 4 is 0 Å². The lowest BCUT2D eigenvalue weighted by Crippen LogP contribution is -2.01. The predicted molar refractivity (Wildman–Crippen MR) is 65.5 cm³/mol. The summed E-state index contributed by atoms with van der Waals surface area (Å²) in [6, 6.07) is 16.9. The smallest absolute Gasteiger partial charge is 0.131 e. The largest absolute Gasteiger partial charge is 0.491 e. The maximum Gasteiger partial charge on any atom is 0.131 e. The summed E-state index contributed by atoms with van der Waals surface area (Å²) >= 11 is 0. The topological polar surface area (TPSA) is 38.7 Å². The van der Waals surface area contributed by atoms with Crippen molar-refractivity contribution in [3.05, 3.63) is 54.6 Å². The highest BCUT2D eigenvalue weighted by atomic mass is 16.5. The second-order valence-corrected chi connectivity index (χ2v) is 3.46. The Morgan fingerprint density at radius 3 is 2.29 bits per heavy atom. The lowest BCUT2D eigenvalue weighted by atomic mass is 10.3. The number of benzene rings is 2. The van der Waals surface area contributed by atoms with E-state index >= 15 is 0 Å². The van der Waals surface area contributed by atoms with Gasteiger partial charge in [0.1, 0.15) is 23.9 Å². The van der Waals surface area contributed by atoms with E-state index in [1.165, 1.54) is 0 Å². The fourth-order valence-electron chi connectivity index (χ4n) is 1.42. The summed E-state index contributed by atoms with van der Waals surface area (Å²) < 4.78 is 11.0. The summed E-state index contributed by atoms with van der Waals surface area (Å²) in [6.07, 6.45) is 0. The molecule has 0 heterocycles. The average molecular weight is 230 g/mol. The third-order valence-electron chi connectivity index (χ3n) is 2.14. The summed E-state index contributed by atoms with van der Waals surface area (Å²) in [5, 5.41) is 8.68. The monoisotopic (exact) mass is 230 g/mol. The first kappa shape index (κ1) is 11.5. The fourth-order valence-corrected chi connectivity index (χ4v) is 1.42. The van der Waals surface area contributed by atoms with E-state index in [0.717, 1.165) is 5.75 Å². The van der Waals surface area contributed by atoms with Crippen molar-refractivity contribution in [1.29, 1.82) is 0 Å². The molecule has 0 aliphatic carbocycles. The van der Waals surface area contributed by atoms with Crippen molar-refractivity contribution in [2.24, 2.45) is 0 Å². The van der Waals surface area contributed by atoms with Crippen LogP contribution in [0.2, 0.25) is 0 Å². The van der Waals surface area contributed by atoms with Gasteiger partial charge >= 0.3 is 0 Å². The van der Waals surface area contributed by atoms with Crippen LogP contribution >= 0.6 is 0 Å². The van der Waals surface area contributed by atoms with E-state index in [9.17, 15) is 0 Å². The number of aliphatic hydroxyl groups excluding tert-OH is 1. The van der Waals surface area contributed by atoms with Crippen molar-refractivity contribution in [2.45, 2.75) is 0 Å². The van der Waals surface area contributed by atoms with Gasteiger partial charge in [-0.3, -0.25) is 0 Å². The molecule has 0 amide bonds. The Kier molecular flexibility index (Phi) is 4.00. The van der Waals surface area contributed by atoms with Crippen molar-refractivity contribution in [2.75, 3.05) is 13.2 Å². The van der Waals surface area contributed by atoms with E-state index < -0.39 is 0 Å². The number of para-hydroxylation sites is 1. The minimum Gasteiger partial charge on any atom is -0.491 e. The molecule has 3 heteroatoms. The van der Waals surface area contributed by atoms with Gasteiger partial charge in [0.15, 0.2) is 0 Å². The zero-order valence-electron chi connectivity index (χ0n) is 9.37. The maximum absolute atomic E-state index is 8.68. The Morgan fingerprint density at radius 1 is 0.824 bits per heavy atom. The van der Waals surface area contributed by atoms with Crippen molar-refractivity contribution in [3.63, 3.8) is 0 Å². The van der Waals surface area contributed by atoms with Gasteiger partial charge in [0.2, 0.25) is 0 Å². The lowest BCUT2D eigenvalue weighted by Gasteiger charge is -2.08. The molecule has 2 aromatic rings. The third-order valence-corrected chi connectivity index (χ3v) is 2.14. The third kappa shape index (κ3) is 3.50. The molecule has 0 spiro atoms. The summed E-state index contributed by atoms with van der Waals surface area (Å²) in [4.78, 5) is 0. The minimum atomic E-state index is 0.00374. The van der Waals surface area contributed by atoms with E-state index in [0.29, 0.717) is 11.5 Å². The van der Waals surface area contributed by atoms with Crippen LogP contribution in [0, 0.1) is 0 Å². The van der Waals surface area contributed by atoms with Gasteiger partial charge in [-0.15, -0.1) is 0 Å². The van der Waals surface area contributed by atoms with Gasteiger partial charge in [-0.25, -0.2) is 0 Å². The second kappa shape index (κ2) is 5.92. The van der Waals surface area contributed by atoms with Crippen molar-refractivity contribution in [3.8, 4) is 17.2 Å². The molecule has 1 N–H and O–H groups in total. The highest BCUT2D eigenvalue weighted by Crippen LogP contribution is 2.24. The first-order chi connectivity index (χ1) is 8.38. The second-order valence-electron chi connectivity index (χ2n) is 3.46. The summed E-state index contributed by atoms with van der Waals surface area (Å²) in [6.45, 7) is 0.290. The van der Waals surface area contributed by atoms with Gasteiger partial charge in [0, 0.05) is 6.07 Å². The zero-order valence-corrected chi connectivity index (χ0v) is 9.37. The highest BCUT2D eigenvalue weighted by Gasteiger charge is 1.99. The molecule has 0 bridgehead atoms. The van der Waals surface area contributed by atoms with Crippen molar-refractivity contribution in [1.82, 2.24) is 0 Å². The first-order valence-corrected chi connectivity index (χ1v) is 5.45. The molecule has 2 aromatic carbocycles. The fraction of sp³-hybridized carbons (Fsp3) is 0.143. The Bertz CT molecular complexity index is 454. The van der Waals surface area contributed by atoms with Crippen LogP contribution in [0.5, 0.6) is 17.2 Å². The van der Waals surface area contributed by atoms with E-state index in [1.54, 1.807) is 6.07 Å². The Labute approximate surface area is 100 Å². The molecule has 0 unspecified atom stereocenters. The van der Waals surface area contributed by atoms with Gasteiger partial charge in [-0.2, -0.15) is 0 Å². The number of hydrogen-bond acceptors (Lipinski definition) is 3. The summed E-state index contributed by atoms with van der Waals surface area (Å²) in [5.41, 5.74) is 0. The van der Waals surface area contributed by atoms with Crippen LogP contribution in [0.4, 0.5) is 0 Å². The highest BCUT2D eigenvalue weighted by molar-refractivity contribution is 5.36. The molecule has 0 fully saturated rings. The van der Waals surface area contributed by atoms with Gasteiger partial charge < -0.3 is 14.6 Å². The number of rotatable bonds is 5. The molecule has 0 aromatic heterocycles. The first-order valence-electron chi connectivity index (χ1n) is 5.45. The van der Waals surface area contributed by atoms with Crippen LogP contribution < -0.4 is 9.47 Å². The number of hydrogen-bond donors (Lipinski definition) is 1. The molecule has 17 heavy (non-hydrogen) atoms. The normalized spacial score (nSPS) is 9.94. The molecule has 0 aliphatic rings. The van der Waals surface area contributed by atoms with Gasteiger partial charge in [0.05, 0.1) is 6.61 Å². The Balaban J connectivity index is 2.06. The Morgan fingerprint density at radius 2 is 1.53 bits per heavy atom. The molecular weight excluding hydrogens is 216 g/mol. The molecule has 88 valence electrons. The maximum atomic E-state index is 8.68. The lowest BCUT2D eigenvalue weighted by molar-refractivity contribution is 0.201. The summed E-state index contributed by atoms with van der Waals surface area (Å²) in [5.74, 6) is 2.19. The van der Waals surface area contributed by atoms with Crippen LogP contribution in [-0.4, -0.2) is 18.3 Å².